The molecular formula is C20H21FN2O6. The first-order valence-corrected chi connectivity index (χ1v) is 9.12. The molecule has 8 nitrogen and oxygen atoms in total. The Labute approximate surface area is 166 Å². The second-order valence-corrected chi connectivity index (χ2v) is 6.21. The number of alkyl halides is 1. The Morgan fingerprint density at radius 3 is 2.34 bits per heavy atom. The van der Waals surface area contributed by atoms with Gasteiger partial charge in [0, 0.05) is 12.5 Å². The van der Waals surface area contributed by atoms with Crippen LogP contribution in [0.4, 0.5) is 21.5 Å². The number of nitro benzene ring substituents is 1. The van der Waals surface area contributed by atoms with Crippen molar-refractivity contribution in [1.29, 1.82) is 0 Å². The molecule has 0 atom stereocenters. The number of rotatable bonds is 11. The van der Waals surface area contributed by atoms with Crippen molar-refractivity contribution in [1.82, 2.24) is 0 Å². The molecule has 0 saturated heterocycles. The van der Waals surface area contributed by atoms with E-state index in [1.54, 1.807) is 6.07 Å². The van der Waals surface area contributed by atoms with Gasteiger partial charge in [-0.1, -0.05) is 30.3 Å². The van der Waals surface area contributed by atoms with Crippen LogP contribution in [0.1, 0.15) is 6.92 Å². The molecule has 2 aromatic rings. The number of nitro groups is 1. The highest BCUT2D eigenvalue weighted by atomic mass is 19.1. The average Bonchev–Trinajstić information content (AvgIpc) is 2.69. The molecule has 0 N–H and O–H groups in total. The first-order chi connectivity index (χ1) is 14.1. The standard InChI is InChI=1S/C20H21FN2O6/c1-14(24)22-18-16(15-5-3-2-4-6-15)13-17(19(22)20(18)23(25)26)29-12-11-28-10-9-27-8-7-21/h2-6,13H,7-12H2,1H3. The van der Waals surface area contributed by atoms with Crippen LogP contribution in [0.5, 0.6) is 5.75 Å². The van der Waals surface area contributed by atoms with E-state index < -0.39 is 11.6 Å². The Balaban J connectivity index is 1.78. The number of anilines is 2. The monoisotopic (exact) mass is 404 g/mol. The molecule has 0 unspecified atom stereocenters. The molecule has 0 aliphatic carbocycles. The minimum absolute atomic E-state index is 0.0301. The van der Waals surface area contributed by atoms with Crippen LogP contribution in [-0.2, 0) is 14.3 Å². The van der Waals surface area contributed by atoms with Crippen LogP contribution in [0.2, 0.25) is 0 Å². The molecule has 0 fully saturated rings. The molecule has 154 valence electrons. The smallest absolute Gasteiger partial charge is 0.321 e. The van der Waals surface area contributed by atoms with Crippen molar-refractivity contribution in [3.05, 3.63) is 46.5 Å². The van der Waals surface area contributed by atoms with Crippen LogP contribution < -0.4 is 9.64 Å². The third-order valence-corrected chi connectivity index (χ3v) is 4.32. The molecule has 0 spiro atoms. The van der Waals surface area contributed by atoms with E-state index >= 15 is 0 Å². The highest BCUT2D eigenvalue weighted by Crippen LogP contribution is 2.60. The van der Waals surface area contributed by atoms with Crippen LogP contribution in [-0.4, -0.2) is 50.5 Å². The number of carbonyl (C=O) groups excluding carboxylic acids is 1. The van der Waals surface area contributed by atoms with Gasteiger partial charge in [-0.2, -0.15) is 0 Å². The zero-order valence-corrected chi connectivity index (χ0v) is 15.9. The summed E-state index contributed by atoms with van der Waals surface area (Å²) in [5.41, 5.74) is 1.60. The summed E-state index contributed by atoms with van der Waals surface area (Å²) in [5.74, 6) is -0.0810. The van der Waals surface area contributed by atoms with E-state index in [0.717, 1.165) is 5.56 Å². The van der Waals surface area contributed by atoms with Gasteiger partial charge in [0.1, 0.15) is 19.0 Å². The van der Waals surface area contributed by atoms with Crippen molar-refractivity contribution in [3.8, 4) is 16.9 Å². The van der Waals surface area contributed by atoms with Gasteiger partial charge in [0.15, 0.2) is 11.4 Å². The molecule has 2 aliphatic rings. The van der Waals surface area contributed by atoms with Crippen molar-refractivity contribution in [2.24, 2.45) is 0 Å². The van der Waals surface area contributed by atoms with Gasteiger partial charge in [-0.3, -0.25) is 19.8 Å². The lowest BCUT2D eigenvalue weighted by molar-refractivity contribution is -0.384. The molecule has 2 bridgehead atoms. The second-order valence-electron chi connectivity index (χ2n) is 6.21. The van der Waals surface area contributed by atoms with Crippen molar-refractivity contribution in [2.45, 2.75) is 6.92 Å². The highest BCUT2D eigenvalue weighted by Gasteiger charge is 2.46. The van der Waals surface area contributed by atoms with Crippen molar-refractivity contribution < 1.29 is 28.3 Å². The maximum atomic E-state index is 12.1. The second kappa shape index (κ2) is 9.44. The molecule has 0 aromatic heterocycles. The zero-order valence-electron chi connectivity index (χ0n) is 15.9. The predicted molar refractivity (Wildman–Crippen MR) is 104 cm³/mol. The van der Waals surface area contributed by atoms with E-state index in [1.807, 2.05) is 30.3 Å². The van der Waals surface area contributed by atoms with Crippen LogP contribution >= 0.6 is 0 Å². The molecule has 9 heteroatoms. The SMILES string of the molecule is CC(=O)N1c2c(OCCOCCOCCF)cc(-c3ccccc3)c1c2[N+](=O)[O-]. The van der Waals surface area contributed by atoms with Crippen LogP contribution in [0.25, 0.3) is 11.1 Å². The number of ether oxygens (including phenoxy) is 3. The fourth-order valence-corrected chi connectivity index (χ4v) is 3.15. The normalized spacial score (nSPS) is 11.9. The number of benzene rings is 2. The maximum absolute atomic E-state index is 12.1. The fraction of sp³-hybridized carbons (Fsp3) is 0.350. The number of fused-ring (bicyclic) bond motifs is 2. The van der Waals surface area contributed by atoms with Crippen LogP contribution in [0.15, 0.2) is 36.4 Å². The van der Waals surface area contributed by atoms with Gasteiger partial charge in [0.25, 0.3) is 0 Å². The van der Waals surface area contributed by atoms with E-state index in [4.69, 9.17) is 14.2 Å². The molecule has 4 rings (SSSR count). The summed E-state index contributed by atoms with van der Waals surface area (Å²) in [6, 6.07) is 10.8. The minimum Gasteiger partial charge on any atom is -0.489 e. The summed E-state index contributed by atoms with van der Waals surface area (Å²) < 4.78 is 27.9. The number of nitrogens with zero attached hydrogens (tertiary/aromatic N) is 2. The first-order valence-electron chi connectivity index (χ1n) is 9.12. The summed E-state index contributed by atoms with van der Waals surface area (Å²) >= 11 is 0. The number of amides is 1. The van der Waals surface area contributed by atoms with Crippen LogP contribution in [0, 0.1) is 10.1 Å². The Bertz CT molecular complexity index is 890. The Kier molecular flexibility index (Phi) is 6.73. The third kappa shape index (κ3) is 4.36. The largest absolute Gasteiger partial charge is 0.489 e. The number of carbonyl (C=O) groups is 1. The molecule has 0 saturated carbocycles. The van der Waals surface area contributed by atoms with Crippen molar-refractivity contribution in [2.75, 3.05) is 44.6 Å². The number of hydrogen-bond donors (Lipinski definition) is 0. The zero-order chi connectivity index (χ0) is 20.8. The summed E-state index contributed by atoms with van der Waals surface area (Å²) in [6.45, 7) is 1.74. The lowest BCUT2D eigenvalue weighted by Gasteiger charge is -2.34. The van der Waals surface area contributed by atoms with Gasteiger partial charge < -0.3 is 14.2 Å². The van der Waals surface area contributed by atoms with Crippen molar-refractivity contribution in [3.63, 3.8) is 0 Å². The van der Waals surface area contributed by atoms with Gasteiger partial charge in [-0.25, -0.2) is 4.39 Å². The van der Waals surface area contributed by atoms with Gasteiger partial charge in [0.05, 0.1) is 31.4 Å². The van der Waals surface area contributed by atoms with Gasteiger partial charge in [0.2, 0.25) is 5.91 Å². The predicted octanol–water partition coefficient (Wildman–Crippen LogP) is 3.64. The summed E-state index contributed by atoms with van der Waals surface area (Å²) in [4.78, 5) is 24.5. The molecule has 29 heavy (non-hydrogen) atoms. The minimum atomic E-state index is -0.545. The number of hydrogen-bond acceptors (Lipinski definition) is 6. The Hall–Kier alpha value is -3.04. The van der Waals surface area contributed by atoms with E-state index in [-0.39, 0.29) is 61.8 Å². The van der Waals surface area contributed by atoms with E-state index in [2.05, 4.69) is 0 Å². The third-order valence-electron chi connectivity index (χ3n) is 4.32. The Morgan fingerprint density at radius 2 is 1.72 bits per heavy atom. The van der Waals surface area contributed by atoms with Gasteiger partial charge >= 0.3 is 5.69 Å². The molecule has 2 aliphatic heterocycles. The molecule has 2 aromatic carbocycles. The molecular weight excluding hydrogens is 383 g/mol. The average molecular weight is 404 g/mol. The van der Waals surface area contributed by atoms with E-state index in [9.17, 15) is 19.3 Å². The quantitative estimate of drug-likeness (QED) is 0.323. The van der Waals surface area contributed by atoms with Crippen LogP contribution in [0.3, 0.4) is 0 Å². The molecule has 1 amide bonds. The Morgan fingerprint density at radius 1 is 1.07 bits per heavy atom. The summed E-state index contributed by atoms with van der Waals surface area (Å²) in [7, 11) is 0. The highest BCUT2D eigenvalue weighted by molar-refractivity contribution is 6.18. The van der Waals surface area contributed by atoms with Crippen molar-refractivity contribution >= 4 is 23.0 Å². The molecule has 0 radical (unpaired) electrons. The topological polar surface area (TPSA) is 91.1 Å². The number of halogens is 1. The van der Waals surface area contributed by atoms with E-state index in [0.29, 0.717) is 5.56 Å². The van der Waals surface area contributed by atoms with E-state index in [1.165, 1.54) is 11.8 Å². The maximum Gasteiger partial charge on any atom is 0.321 e. The molecule has 2 heterocycles. The van der Waals surface area contributed by atoms with Gasteiger partial charge in [-0.15, -0.1) is 0 Å². The van der Waals surface area contributed by atoms with Gasteiger partial charge in [-0.05, 0) is 11.6 Å². The lowest BCUT2D eigenvalue weighted by Crippen LogP contribution is -2.33. The first kappa shape index (κ1) is 20.7. The summed E-state index contributed by atoms with van der Waals surface area (Å²) in [5, 5.41) is 11.6. The lowest BCUT2D eigenvalue weighted by atomic mass is 9.93. The summed E-state index contributed by atoms with van der Waals surface area (Å²) in [6.07, 6.45) is 0. The fourth-order valence-electron chi connectivity index (χ4n) is 3.15.